The van der Waals surface area contributed by atoms with Gasteiger partial charge in [-0.3, -0.25) is 11.3 Å². The molecule has 1 aliphatic rings. The van der Waals surface area contributed by atoms with E-state index in [2.05, 4.69) is 19.3 Å². The molecule has 0 bridgehead atoms. The van der Waals surface area contributed by atoms with Crippen LogP contribution in [0.4, 0.5) is 0 Å². The van der Waals surface area contributed by atoms with Crippen molar-refractivity contribution >= 4 is 0 Å². The van der Waals surface area contributed by atoms with E-state index in [0.717, 1.165) is 13.0 Å². The maximum Gasteiger partial charge on any atom is 0.0848 e. The predicted octanol–water partition coefficient (Wildman–Crippen LogP) is 4.31. The molecule has 3 N–H and O–H groups in total. The lowest BCUT2D eigenvalue weighted by Crippen LogP contribution is -2.54. The second kappa shape index (κ2) is 10.6. The van der Waals surface area contributed by atoms with Crippen LogP contribution in [0, 0.1) is 0 Å². The summed E-state index contributed by atoms with van der Waals surface area (Å²) in [6.45, 7) is 5.18. The minimum absolute atomic E-state index is 0.00917. The van der Waals surface area contributed by atoms with Crippen molar-refractivity contribution < 1.29 is 4.74 Å². The summed E-state index contributed by atoms with van der Waals surface area (Å²) in [7, 11) is 0. The van der Waals surface area contributed by atoms with Gasteiger partial charge in [0.1, 0.15) is 0 Å². The Morgan fingerprint density at radius 3 is 2.20 bits per heavy atom. The van der Waals surface area contributed by atoms with Gasteiger partial charge in [0.05, 0.1) is 11.6 Å². The number of rotatable bonds is 10. The molecule has 0 spiro atoms. The van der Waals surface area contributed by atoms with Crippen molar-refractivity contribution in [2.24, 2.45) is 5.84 Å². The summed E-state index contributed by atoms with van der Waals surface area (Å²) in [4.78, 5) is 0. The summed E-state index contributed by atoms with van der Waals surface area (Å²) in [5.74, 6) is 5.88. The van der Waals surface area contributed by atoms with E-state index in [-0.39, 0.29) is 5.60 Å². The van der Waals surface area contributed by atoms with E-state index in [4.69, 9.17) is 10.6 Å². The van der Waals surface area contributed by atoms with Crippen molar-refractivity contribution in [3.05, 3.63) is 0 Å². The third-order valence-electron chi connectivity index (χ3n) is 4.81. The molecule has 3 heteroatoms. The van der Waals surface area contributed by atoms with Crippen molar-refractivity contribution in [2.45, 2.75) is 103 Å². The highest BCUT2D eigenvalue weighted by atomic mass is 16.5. The van der Waals surface area contributed by atoms with Crippen molar-refractivity contribution in [1.82, 2.24) is 5.43 Å². The zero-order valence-corrected chi connectivity index (χ0v) is 13.8. The van der Waals surface area contributed by atoms with Crippen LogP contribution in [0.15, 0.2) is 0 Å². The largest absolute Gasteiger partial charge is 0.374 e. The van der Waals surface area contributed by atoms with E-state index < -0.39 is 0 Å². The monoisotopic (exact) mass is 284 g/mol. The van der Waals surface area contributed by atoms with Gasteiger partial charge in [0.25, 0.3) is 0 Å². The molecule has 1 saturated carbocycles. The van der Waals surface area contributed by atoms with Crippen LogP contribution in [-0.2, 0) is 4.74 Å². The molecule has 0 radical (unpaired) electrons. The first kappa shape index (κ1) is 17.9. The summed E-state index contributed by atoms with van der Waals surface area (Å²) < 4.78 is 6.24. The maximum atomic E-state index is 6.24. The lowest BCUT2D eigenvalue weighted by atomic mass is 9.83. The minimum Gasteiger partial charge on any atom is -0.374 e. The lowest BCUT2D eigenvalue weighted by molar-refractivity contribution is -0.0790. The van der Waals surface area contributed by atoms with Gasteiger partial charge in [-0.1, -0.05) is 64.7 Å². The Labute approximate surface area is 126 Å². The minimum atomic E-state index is -0.00917. The van der Waals surface area contributed by atoms with Crippen LogP contribution < -0.4 is 11.3 Å². The number of hydrogen-bond donors (Lipinski definition) is 2. The molecular formula is C17H36N2O. The van der Waals surface area contributed by atoms with Gasteiger partial charge in [0.2, 0.25) is 0 Å². The second-order valence-corrected chi connectivity index (χ2v) is 6.33. The lowest BCUT2D eigenvalue weighted by Gasteiger charge is -2.40. The SMILES string of the molecule is CCCCCCCC(NN)C1(OCC)CCCCCC1. The van der Waals surface area contributed by atoms with Crippen LogP contribution in [-0.4, -0.2) is 18.2 Å². The Bertz CT molecular complexity index is 225. The molecule has 1 fully saturated rings. The molecule has 1 rings (SSSR count). The Hall–Kier alpha value is -0.120. The zero-order chi connectivity index (χ0) is 14.7. The van der Waals surface area contributed by atoms with Crippen LogP contribution >= 0.6 is 0 Å². The Balaban J connectivity index is 2.51. The molecule has 0 amide bonds. The fourth-order valence-electron chi connectivity index (χ4n) is 3.66. The number of hydrazine groups is 1. The van der Waals surface area contributed by atoms with Crippen molar-refractivity contribution in [3.63, 3.8) is 0 Å². The van der Waals surface area contributed by atoms with Gasteiger partial charge in [0, 0.05) is 6.61 Å². The van der Waals surface area contributed by atoms with Gasteiger partial charge in [-0.15, -0.1) is 0 Å². The molecule has 1 unspecified atom stereocenters. The van der Waals surface area contributed by atoms with E-state index in [0.29, 0.717) is 6.04 Å². The Morgan fingerprint density at radius 2 is 1.65 bits per heavy atom. The smallest absolute Gasteiger partial charge is 0.0848 e. The van der Waals surface area contributed by atoms with E-state index in [9.17, 15) is 0 Å². The first-order chi connectivity index (χ1) is 9.79. The van der Waals surface area contributed by atoms with Gasteiger partial charge in [-0.25, -0.2) is 0 Å². The van der Waals surface area contributed by atoms with Crippen molar-refractivity contribution in [1.29, 1.82) is 0 Å². The van der Waals surface area contributed by atoms with E-state index in [1.807, 2.05) is 0 Å². The Kier molecular flexibility index (Phi) is 9.49. The van der Waals surface area contributed by atoms with Crippen LogP contribution in [0.2, 0.25) is 0 Å². The fraction of sp³-hybridized carbons (Fsp3) is 1.00. The average molecular weight is 284 g/mol. The van der Waals surface area contributed by atoms with Gasteiger partial charge in [0.15, 0.2) is 0 Å². The average Bonchev–Trinajstić information content (AvgIpc) is 2.70. The van der Waals surface area contributed by atoms with Crippen molar-refractivity contribution in [2.75, 3.05) is 6.61 Å². The number of hydrogen-bond acceptors (Lipinski definition) is 3. The summed E-state index contributed by atoms with van der Waals surface area (Å²) in [6, 6.07) is 0.321. The Morgan fingerprint density at radius 1 is 1.00 bits per heavy atom. The van der Waals surface area contributed by atoms with Gasteiger partial charge < -0.3 is 4.74 Å². The van der Waals surface area contributed by atoms with Gasteiger partial charge in [-0.2, -0.15) is 0 Å². The third-order valence-corrected chi connectivity index (χ3v) is 4.81. The third kappa shape index (κ3) is 5.71. The molecule has 0 heterocycles. The van der Waals surface area contributed by atoms with E-state index in [1.54, 1.807) is 0 Å². The highest BCUT2D eigenvalue weighted by Crippen LogP contribution is 2.35. The first-order valence-electron chi connectivity index (χ1n) is 8.89. The molecule has 1 aliphatic carbocycles. The molecule has 3 nitrogen and oxygen atoms in total. The quantitative estimate of drug-likeness (QED) is 0.272. The molecule has 0 aliphatic heterocycles. The standard InChI is InChI=1S/C17H36N2O/c1-3-5-6-7-10-13-16(19-18)17(20-4-2)14-11-8-9-12-15-17/h16,19H,3-15,18H2,1-2H3. The fourth-order valence-corrected chi connectivity index (χ4v) is 3.66. The number of nitrogens with two attached hydrogens (primary N) is 1. The normalized spacial score (nSPS) is 20.6. The summed E-state index contributed by atoms with van der Waals surface area (Å²) in [6.07, 6.45) is 15.4. The summed E-state index contributed by atoms with van der Waals surface area (Å²) in [5.41, 5.74) is 3.08. The molecular weight excluding hydrogens is 248 g/mol. The first-order valence-corrected chi connectivity index (χ1v) is 8.89. The second-order valence-electron chi connectivity index (χ2n) is 6.33. The molecule has 20 heavy (non-hydrogen) atoms. The number of ether oxygens (including phenoxy) is 1. The molecule has 0 aromatic heterocycles. The molecule has 0 aromatic carbocycles. The van der Waals surface area contributed by atoms with Gasteiger partial charge in [-0.05, 0) is 26.2 Å². The molecule has 0 aromatic rings. The zero-order valence-electron chi connectivity index (χ0n) is 13.8. The van der Waals surface area contributed by atoms with Crippen LogP contribution in [0.5, 0.6) is 0 Å². The molecule has 0 saturated heterocycles. The maximum absolute atomic E-state index is 6.24. The van der Waals surface area contributed by atoms with Crippen LogP contribution in [0.25, 0.3) is 0 Å². The number of nitrogens with one attached hydrogen (secondary N) is 1. The summed E-state index contributed by atoms with van der Waals surface area (Å²) >= 11 is 0. The predicted molar refractivity (Wildman–Crippen MR) is 86.5 cm³/mol. The van der Waals surface area contributed by atoms with Crippen molar-refractivity contribution in [3.8, 4) is 0 Å². The van der Waals surface area contributed by atoms with Gasteiger partial charge >= 0.3 is 0 Å². The number of unbranched alkanes of at least 4 members (excludes halogenated alkanes) is 4. The van der Waals surface area contributed by atoms with Crippen LogP contribution in [0.3, 0.4) is 0 Å². The molecule has 120 valence electrons. The highest BCUT2D eigenvalue weighted by molar-refractivity contribution is 4.93. The summed E-state index contributed by atoms with van der Waals surface area (Å²) in [5, 5.41) is 0. The van der Waals surface area contributed by atoms with Crippen LogP contribution in [0.1, 0.15) is 90.9 Å². The van der Waals surface area contributed by atoms with E-state index in [1.165, 1.54) is 70.6 Å². The topological polar surface area (TPSA) is 47.3 Å². The van der Waals surface area contributed by atoms with E-state index >= 15 is 0 Å². The highest BCUT2D eigenvalue weighted by Gasteiger charge is 2.38. The molecule has 1 atom stereocenters.